The van der Waals surface area contributed by atoms with Crippen molar-refractivity contribution in [1.82, 2.24) is 0 Å². The Kier molecular flexibility index (Phi) is 8.53. The molecule has 3 unspecified atom stereocenters. The standard InChI is InChI=1S/C13H25NO5S/c1-13(2,3)12(18)9(16)6-19-7-10(20-4)11(17)8(15)5-14/h8-10,15-16H,5-7,14H2,1-4H3. The van der Waals surface area contributed by atoms with Crippen LogP contribution in [0.2, 0.25) is 0 Å². The number of nitrogens with two attached hydrogens (primary N) is 1. The molecule has 0 amide bonds. The number of aliphatic hydroxyl groups is 2. The van der Waals surface area contributed by atoms with Crippen LogP contribution in [0, 0.1) is 5.41 Å². The molecule has 7 heteroatoms. The van der Waals surface area contributed by atoms with Gasteiger partial charge in [-0.3, -0.25) is 9.59 Å². The van der Waals surface area contributed by atoms with Crippen molar-refractivity contribution in [3.8, 4) is 0 Å². The zero-order chi connectivity index (χ0) is 15.9. The lowest BCUT2D eigenvalue weighted by molar-refractivity contribution is -0.138. The molecule has 0 fully saturated rings. The van der Waals surface area contributed by atoms with E-state index in [0.29, 0.717) is 0 Å². The summed E-state index contributed by atoms with van der Waals surface area (Å²) >= 11 is 1.23. The molecule has 0 rings (SSSR count). The Morgan fingerprint density at radius 3 is 2.15 bits per heavy atom. The molecule has 0 heterocycles. The Bertz CT molecular complexity index is 329. The van der Waals surface area contributed by atoms with Gasteiger partial charge in [0.15, 0.2) is 11.6 Å². The summed E-state index contributed by atoms with van der Waals surface area (Å²) in [6.45, 7) is 4.85. The van der Waals surface area contributed by atoms with E-state index >= 15 is 0 Å². The van der Waals surface area contributed by atoms with Gasteiger partial charge in [-0.1, -0.05) is 20.8 Å². The second kappa shape index (κ2) is 8.74. The molecule has 20 heavy (non-hydrogen) atoms. The molecular weight excluding hydrogens is 282 g/mol. The van der Waals surface area contributed by atoms with Gasteiger partial charge in [-0.2, -0.15) is 11.8 Å². The van der Waals surface area contributed by atoms with E-state index in [0.717, 1.165) is 0 Å². The van der Waals surface area contributed by atoms with Crippen molar-refractivity contribution >= 4 is 23.3 Å². The number of hydrogen-bond donors (Lipinski definition) is 3. The van der Waals surface area contributed by atoms with Crippen LogP contribution < -0.4 is 5.73 Å². The summed E-state index contributed by atoms with van der Waals surface area (Å²) in [5.74, 6) is -0.719. The minimum absolute atomic E-state index is 0.0194. The summed E-state index contributed by atoms with van der Waals surface area (Å²) in [4.78, 5) is 23.5. The number of ether oxygens (including phenoxy) is 1. The number of carbonyl (C=O) groups excluding carboxylic acids is 2. The van der Waals surface area contributed by atoms with Crippen molar-refractivity contribution in [3.63, 3.8) is 0 Å². The number of aliphatic hydroxyl groups excluding tert-OH is 2. The van der Waals surface area contributed by atoms with Gasteiger partial charge in [0.2, 0.25) is 0 Å². The lowest BCUT2D eigenvalue weighted by Crippen LogP contribution is -2.39. The molecule has 0 bridgehead atoms. The van der Waals surface area contributed by atoms with Crippen LogP contribution in [0.3, 0.4) is 0 Å². The number of thioether (sulfide) groups is 1. The zero-order valence-electron chi connectivity index (χ0n) is 12.5. The molecule has 3 atom stereocenters. The summed E-state index contributed by atoms with van der Waals surface area (Å²) in [6.07, 6.45) is -0.712. The van der Waals surface area contributed by atoms with Gasteiger partial charge in [0.25, 0.3) is 0 Å². The van der Waals surface area contributed by atoms with E-state index in [1.165, 1.54) is 11.8 Å². The first-order valence-electron chi connectivity index (χ1n) is 6.39. The van der Waals surface area contributed by atoms with Crippen LogP contribution in [-0.2, 0) is 14.3 Å². The first-order valence-corrected chi connectivity index (χ1v) is 7.68. The fraction of sp³-hybridized carbons (Fsp3) is 0.846. The van der Waals surface area contributed by atoms with Crippen LogP contribution in [0.4, 0.5) is 0 Å². The number of hydrogen-bond acceptors (Lipinski definition) is 7. The third-order valence-corrected chi connectivity index (χ3v) is 3.68. The van der Waals surface area contributed by atoms with Gasteiger partial charge < -0.3 is 20.7 Å². The van der Waals surface area contributed by atoms with Crippen molar-refractivity contribution in [2.75, 3.05) is 26.0 Å². The Labute approximate surface area is 124 Å². The minimum Gasteiger partial charge on any atom is -0.384 e. The number of Topliss-reactive ketones (excluding diaryl/α,β-unsaturated/α-hetero) is 2. The Morgan fingerprint density at radius 1 is 1.20 bits per heavy atom. The highest BCUT2D eigenvalue weighted by molar-refractivity contribution is 8.00. The maximum absolute atomic E-state index is 11.7. The fourth-order valence-electron chi connectivity index (χ4n) is 1.46. The van der Waals surface area contributed by atoms with Crippen LogP contribution in [0.1, 0.15) is 20.8 Å². The fourth-order valence-corrected chi connectivity index (χ4v) is 2.08. The van der Waals surface area contributed by atoms with E-state index in [4.69, 9.17) is 10.5 Å². The highest BCUT2D eigenvalue weighted by Crippen LogP contribution is 2.17. The highest BCUT2D eigenvalue weighted by atomic mass is 32.2. The molecule has 118 valence electrons. The average molecular weight is 307 g/mol. The first-order chi connectivity index (χ1) is 9.15. The van der Waals surface area contributed by atoms with Gasteiger partial charge in [0, 0.05) is 12.0 Å². The smallest absolute Gasteiger partial charge is 0.177 e. The Balaban J connectivity index is 4.27. The van der Waals surface area contributed by atoms with Gasteiger partial charge in [0.05, 0.1) is 18.5 Å². The maximum Gasteiger partial charge on any atom is 0.177 e. The van der Waals surface area contributed by atoms with Gasteiger partial charge >= 0.3 is 0 Å². The molecule has 0 aliphatic heterocycles. The van der Waals surface area contributed by atoms with Crippen molar-refractivity contribution in [1.29, 1.82) is 0 Å². The van der Waals surface area contributed by atoms with Crippen LogP contribution >= 0.6 is 11.8 Å². The number of carbonyl (C=O) groups is 2. The highest BCUT2D eigenvalue weighted by Gasteiger charge is 2.29. The Hall–Kier alpha value is -0.470. The predicted octanol–water partition coefficient (Wildman–Crippen LogP) is -0.401. The summed E-state index contributed by atoms with van der Waals surface area (Å²) in [6, 6.07) is 0. The average Bonchev–Trinajstić information content (AvgIpc) is 2.39. The number of ketones is 2. The SMILES string of the molecule is CSC(COCC(O)C(=O)C(C)(C)C)C(=O)C(O)CN. The van der Waals surface area contributed by atoms with Crippen LogP contribution in [0.25, 0.3) is 0 Å². The molecule has 0 aromatic rings. The van der Waals surface area contributed by atoms with Crippen LogP contribution in [-0.4, -0.2) is 65.3 Å². The summed E-state index contributed by atoms with van der Waals surface area (Å²) in [5.41, 5.74) is 4.58. The molecule has 0 aromatic heterocycles. The summed E-state index contributed by atoms with van der Waals surface area (Å²) in [7, 11) is 0. The van der Waals surface area contributed by atoms with Gasteiger partial charge in [-0.05, 0) is 6.26 Å². The molecule has 0 aliphatic carbocycles. The maximum atomic E-state index is 11.7. The topological polar surface area (TPSA) is 110 Å². The second-order valence-electron chi connectivity index (χ2n) is 5.55. The zero-order valence-corrected chi connectivity index (χ0v) is 13.3. The van der Waals surface area contributed by atoms with Crippen molar-refractivity contribution in [3.05, 3.63) is 0 Å². The minimum atomic E-state index is -1.22. The van der Waals surface area contributed by atoms with E-state index in [-0.39, 0.29) is 25.5 Å². The third kappa shape index (κ3) is 6.32. The molecule has 0 saturated heterocycles. The number of rotatable bonds is 9. The molecule has 0 aromatic carbocycles. The first kappa shape index (κ1) is 19.5. The van der Waals surface area contributed by atoms with E-state index < -0.39 is 28.7 Å². The van der Waals surface area contributed by atoms with Crippen molar-refractivity contribution in [2.24, 2.45) is 11.1 Å². The van der Waals surface area contributed by atoms with Crippen LogP contribution in [0.5, 0.6) is 0 Å². The van der Waals surface area contributed by atoms with Gasteiger partial charge in [0.1, 0.15) is 12.2 Å². The second-order valence-corrected chi connectivity index (χ2v) is 6.59. The predicted molar refractivity (Wildman–Crippen MR) is 78.7 cm³/mol. The lowest BCUT2D eigenvalue weighted by Gasteiger charge is -2.22. The van der Waals surface area contributed by atoms with E-state index in [1.54, 1.807) is 27.0 Å². The molecular formula is C13H25NO5S. The molecule has 0 aliphatic rings. The normalized spacial score (nSPS) is 16.6. The van der Waals surface area contributed by atoms with E-state index in [1.807, 2.05) is 0 Å². The molecule has 4 N–H and O–H groups in total. The summed E-state index contributed by atoms with van der Waals surface area (Å²) in [5, 5.41) is 18.5. The summed E-state index contributed by atoms with van der Waals surface area (Å²) < 4.78 is 5.22. The monoisotopic (exact) mass is 307 g/mol. The van der Waals surface area contributed by atoms with Gasteiger partial charge in [-0.25, -0.2) is 0 Å². The molecule has 0 spiro atoms. The van der Waals surface area contributed by atoms with Crippen LogP contribution in [0.15, 0.2) is 0 Å². The molecule has 0 radical (unpaired) electrons. The van der Waals surface area contributed by atoms with Gasteiger partial charge in [-0.15, -0.1) is 0 Å². The Morgan fingerprint density at radius 2 is 1.75 bits per heavy atom. The van der Waals surface area contributed by atoms with Crippen molar-refractivity contribution in [2.45, 2.75) is 38.2 Å². The van der Waals surface area contributed by atoms with E-state index in [9.17, 15) is 19.8 Å². The quantitative estimate of drug-likeness (QED) is 0.531. The molecule has 6 nitrogen and oxygen atoms in total. The molecule has 0 saturated carbocycles. The lowest BCUT2D eigenvalue weighted by atomic mass is 9.88. The third-order valence-electron chi connectivity index (χ3n) is 2.74. The van der Waals surface area contributed by atoms with E-state index in [2.05, 4.69) is 0 Å². The largest absolute Gasteiger partial charge is 0.384 e. The van der Waals surface area contributed by atoms with Crippen molar-refractivity contribution < 1.29 is 24.5 Å².